The van der Waals surface area contributed by atoms with Crippen LogP contribution in [0.5, 0.6) is 28.9 Å². The van der Waals surface area contributed by atoms with Crippen LogP contribution in [0.15, 0.2) is 64.4 Å². The molecule has 0 saturated carbocycles. The van der Waals surface area contributed by atoms with E-state index >= 15 is 0 Å². The Labute approximate surface area is 264 Å². The van der Waals surface area contributed by atoms with Gasteiger partial charge in [0, 0.05) is 18.2 Å². The minimum atomic E-state index is -1.48. The highest BCUT2D eigenvalue weighted by atomic mass is 35.5. The number of esters is 2. The van der Waals surface area contributed by atoms with Gasteiger partial charge in [-0.2, -0.15) is 8.96 Å². The molecule has 0 aliphatic carbocycles. The molecular formula is C30H25ClFN3O11. The van der Waals surface area contributed by atoms with Crippen molar-refractivity contribution < 1.29 is 47.2 Å². The maximum atomic E-state index is 14.3. The molecule has 0 fully saturated rings. The van der Waals surface area contributed by atoms with Gasteiger partial charge in [0.15, 0.2) is 17.2 Å². The molecule has 14 nitrogen and oxygen atoms in total. The van der Waals surface area contributed by atoms with E-state index in [1.807, 2.05) is 0 Å². The molecule has 0 unspecified atom stereocenters. The smallest absolute Gasteiger partial charge is 0.344 e. The first-order valence-corrected chi connectivity index (χ1v) is 13.5. The lowest BCUT2D eigenvalue weighted by Gasteiger charge is -2.14. The van der Waals surface area contributed by atoms with E-state index in [-0.39, 0.29) is 61.8 Å². The summed E-state index contributed by atoms with van der Waals surface area (Å²) in [5, 5.41) is -0.0938. The fraction of sp³-hybridized carbons (Fsp3) is 0.200. The summed E-state index contributed by atoms with van der Waals surface area (Å²) in [6, 6.07) is 8.62. The van der Waals surface area contributed by atoms with Crippen molar-refractivity contribution in [3.63, 3.8) is 0 Å². The quantitative estimate of drug-likeness (QED) is 0.217. The van der Waals surface area contributed by atoms with Crippen molar-refractivity contribution in [2.45, 2.75) is 13.7 Å². The number of carbonyl (C=O) groups is 3. The molecule has 16 heteroatoms. The second kappa shape index (κ2) is 14.5. The second-order valence-corrected chi connectivity index (χ2v) is 9.43. The molecule has 0 atom stereocenters. The number of carbonyl (C=O) groups excluding carboxylic acids is 3. The molecule has 0 bridgehead atoms. The maximum Gasteiger partial charge on any atom is 0.344 e. The van der Waals surface area contributed by atoms with Crippen LogP contribution >= 0.6 is 11.6 Å². The molecule has 0 radical (unpaired) electrons. The topological polar surface area (TPSA) is 163 Å². The first-order chi connectivity index (χ1) is 22.0. The number of methoxy groups -OCH3 is 3. The minimum Gasteiger partial charge on any atom is -0.493 e. The van der Waals surface area contributed by atoms with Crippen molar-refractivity contribution >= 4 is 29.4 Å². The number of aromatic nitrogens is 3. The summed E-state index contributed by atoms with van der Waals surface area (Å²) in [5.41, 5.74) is -3.10. The van der Waals surface area contributed by atoms with E-state index < -0.39 is 41.6 Å². The molecule has 4 aromatic rings. The Kier molecular flexibility index (Phi) is 10.5. The largest absolute Gasteiger partial charge is 0.493 e. The van der Waals surface area contributed by atoms with Crippen LogP contribution in [0.25, 0.3) is 0 Å². The van der Waals surface area contributed by atoms with Crippen LogP contribution in [0.2, 0.25) is 5.02 Å². The SMILES string of the molecule is CCOCn1cc(F)c(=O)n(C(=O)c2cccc(C(=O)Oc3cc(OC(=O)c4cc(OC)c(OC)c(OC)c4)c(Cl)cn3)c2)c1=O. The summed E-state index contributed by atoms with van der Waals surface area (Å²) < 4.78 is 46.6. The van der Waals surface area contributed by atoms with E-state index in [0.717, 1.165) is 18.3 Å². The number of hydrogen-bond acceptors (Lipinski definition) is 12. The molecule has 2 aromatic carbocycles. The zero-order chi connectivity index (χ0) is 33.5. The van der Waals surface area contributed by atoms with Crippen molar-refractivity contribution in [3.8, 4) is 28.9 Å². The van der Waals surface area contributed by atoms with E-state index in [0.29, 0.717) is 10.8 Å². The summed E-state index contributed by atoms with van der Waals surface area (Å²) in [7, 11) is 4.15. The monoisotopic (exact) mass is 657 g/mol. The van der Waals surface area contributed by atoms with Gasteiger partial charge in [-0.3, -0.25) is 14.2 Å². The van der Waals surface area contributed by atoms with Crippen molar-refractivity contribution in [2.24, 2.45) is 0 Å². The third kappa shape index (κ3) is 7.06. The van der Waals surface area contributed by atoms with Crippen molar-refractivity contribution in [2.75, 3.05) is 27.9 Å². The first kappa shape index (κ1) is 33.4. The number of benzene rings is 2. The zero-order valence-electron chi connectivity index (χ0n) is 24.7. The number of halogens is 2. The molecule has 46 heavy (non-hydrogen) atoms. The summed E-state index contributed by atoms with van der Waals surface area (Å²) in [4.78, 5) is 68.0. The van der Waals surface area contributed by atoms with E-state index in [1.54, 1.807) is 6.92 Å². The summed E-state index contributed by atoms with van der Waals surface area (Å²) in [5.74, 6) is -4.35. The minimum absolute atomic E-state index is 0.0180. The Morgan fingerprint density at radius 3 is 2.15 bits per heavy atom. The van der Waals surface area contributed by atoms with E-state index in [9.17, 15) is 28.4 Å². The van der Waals surface area contributed by atoms with E-state index in [1.165, 1.54) is 51.7 Å². The Bertz CT molecular complexity index is 1920. The van der Waals surface area contributed by atoms with Gasteiger partial charge in [0.05, 0.1) is 44.8 Å². The Morgan fingerprint density at radius 1 is 0.870 bits per heavy atom. The Balaban J connectivity index is 1.57. The van der Waals surface area contributed by atoms with Gasteiger partial charge in [0.2, 0.25) is 17.4 Å². The van der Waals surface area contributed by atoms with Gasteiger partial charge in [0.1, 0.15) is 11.8 Å². The Hall–Kier alpha value is -5.54. The van der Waals surface area contributed by atoms with Crippen molar-refractivity contribution in [1.29, 1.82) is 0 Å². The lowest BCUT2D eigenvalue weighted by atomic mass is 10.1. The molecule has 0 saturated heterocycles. The molecule has 0 aliphatic rings. The Morgan fingerprint density at radius 2 is 1.52 bits per heavy atom. The molecule has 2 aromatic heterocycles. The zero-order valence-corrected chi connectivity index (χ0v) is 25.5. The van der Waals surface area contributed by atoms with Gasteiger partial charge in [-0.05, 0) is 37.3 Å². The lowest BCUT2D eigenvalue weighted by Crippen LogP contribution is -2.45. The highest BCUT2D eigenvalue weighted by molar-refractivity contribution is 6.32. The second-order valence-electron chi connectivity index (χ2n) is 9.02. The van der Waals surface area contributed by atoms with Crippen molar-refractivity contribution in [1.82, 2.24) is 14.1 Å². The van der Waals surface area contributed by atoms with Gasteiger partial charge in [-0.15, -0.1) is 0 Å². The average Bonchev–Trinajstić information content (AvgIpc) is 3.06. The predicted octanol–water partition coefficient (Wildman–Crippen LogP) is 3.34. The maximum absolute atomic E-state index is 14.3. The van der Waals surface area contributed by atoms with Crippen LogP contribution in [-0.2, 0) is 11.5 Å². The van der Waals surface area contributed by atoms with Crippen LogP contribution in [-0.4, -0.2) is 59.9 Å². The number of ether oxygens (including phenoxy) is 6. The molecule has 0 spiro atoms. The predicted molar refractivity (Wildman–Crippen MR) is 158 cm³/mol. The number of pyridine rings is 1. The summed E-state index contributed by atoms with van der Waals surface area (Å²) in [6.45, 7) is 1.42. The molecule has 2 heterocycles. The number of hydrogen-bond donors (Lipinski definition) is 0. The van der Waals surface area contributed by atoms with Crippen LogP contribution in [0.4, 0.5) is 4.39 Å². The summed E-state index contributed by atoms with van der Waals surface area (Å²) >= 11 is 6.16. The highest BCUT2D eigenvalue weighted by Gasteiger charge is 2.22. The molecule has 0 aliphatic heterocycles. The van der Waals surface area contributed by atoms with Gasteiger partial charge in [-0.1, -0.05) is 17.7 Å². The molecule has 4 rings (SSSR count). The van der Waals surface area contributed by atoms with Crippen LogP contribution in [0.1, 0.15) is 38.0 Å². The molecule has 0 N–H and O–H groups in total. The van der Waals surface area contributed by atoms with Crippen LogP contribution < -0.4 is 34.9 Å². The standard InChI is InChI=1S/C30H25ClFN3O11/c1-5-44-15-34-14-20(32)27(37)35(30(34)40)26(36)16-7-6-8-17(9-16)28(38)46-24-12-21(19(31)13-33-24)45-29(39)18-10-22(41-2)25(43-4)23(11-18)42-3/h6-14H,5,15H2,1-4H3. The fourth-order valence-electron chi connectivity index (χ4n) is 3.99. The van der Waals surface area contributed by atoms with Gasteiger partial charge >= 0.3 is 17.6 Å². The summed E-state index contributed by atoms with van der Waals surface area (Å²) in [6.07, 6.45) is 1.71. The van der Waals surface area contributed by atoms with Gasteiger partial charge < -0.3 is 28.4 Å². The van der Waals surface area contributed by atoms with E-state index in [2.05, 4.69) is 4.98 Å². The average molecular weight is 658 g/mol. The van der Waals surface area contributed by atoms with Gasteiger partial charge in [0.25, 0.3) is 11.5 Å². The molecule has 0 amide bonds. The highest BCUT2D eigenvalue weighted by Crippen LogP contribution is 2.38. The molecular weight excluding hydrogens is 633 g/mol. The van der Waals surface area contributed by atoms with Gasteiger partial charge in [-0.25, -0.2) is 19.4 Å². The third-order valence-corrected chi connectivity index (χ3v) is 6.48. The van der Waals surface area contributed by atoms with Crippen LogP contribution in [0.3, 0.4) is 0 Å². The molecule has 240 valence electrons. The van der Waals surface area contributed by atoms with E-state index in [4.69, 9.17) is 40.0 Å². The van der Waals surface area contributed by atoms with Crippen molar-refractivity contribution in [3.05, 3.63) is 103 Å². The lowest BCUT2D eigenvalue weighted by molar-refractivity contribution is 0.0726. The fourth-order valence-corrected chi connectivity index (χ4v) is 4.13. The normalized spacial score (nSPS) is 10.7. The van der Waals surface area contributed by atoms with Crippen LogP contribution in [0, 0.1) is 5.82 Å². The third-order valence-electron chi connectivity index (χ3n) is 6.19. The number of rotatable bonds is 11. The first-order valence-electron chi connectivity index (χ1n) is 13.2. The number of nitrogens with zero attached hydrogens (tertiary/aromatic N) is 3.